The van der Waals surface area contributed by atoms with Crippen LogP contribution in [-0.4, -0.2) is 24.8 Å². The van der Waals surface area contributed by atoms with Gasteiger partial charge in [0.05, 0.1) is 16.1 Å². The Kier molecular flexibility index (Phi) is 6.76. The summed E-state index contributed by atoms with van der Waals surface area (Å²) in [5.41, 5.74) is 3.20. The number of aryl methyl sites for hydroxylation is 1. The van der Waals surface area contributed by atoms with Gasteiger partial charge in [-0.15, -0.1) is 0 Å². The molecule has 0 unspecified atom stereocenters. The lowest BCUT2D eigenvalue weighted by Gasteiger charge is -2.37. The van der Waals surface area contributed by atoms with Gasteiger partial charge < -0.3 is 4.52 Å². The second-order valence-corrected chi connectivity index (χ2v) is 13.4. The maximum absolute atomic E-state index is 11.3. The number of nitrogens with zero attached hydrogens (tertiary/aromatic N) is 5. The lowest BCUT2D eigenvalue weighted by atomic mass is 10.2. The fourth-order valence-corrected chi connectivity index (χ4v) is 7.86. The summed E-state index contributed by atoms with van der Waals surface area (Å²) < 4.78 is 14.6. The summed E-state index contributed by atoms with van der Waals surface area (Å²) in [6.45, 7) is 9.22. The Bertz CT molecular complexity index is 1680. The highest BCUT2D eigenvalue weighted by molar-refractivity contribution is 7.71. The molecule has 2 aromatic heterocycles. The molecule has 3 aromatic carbocycles. The normalized spacial score (nSPS) is 13.4. The number of hydrogen-bond donors (Lipinski definition) is 0. The van der Waals surface area contributed by atoms with Crippen LogP contribution >= 0.6 is 7.28 Å². The maximum Gasteiger partial charge on any atom is 0.269 e. The summed E-state index contributed by atoms with van der Waals surface area (Å²) in [6.07, 6.45) is 2.65. The number of nitro benzene ring substituents is 1. The van der Waals surface area contributed by atoms with Crippen LogP contribution in [0, 0.1) is 10.1 Å². The van der Waals surface area contributed by atoms with Crippen LogP contribution in [-0.2, 0) is 6.54 Å². The van der Waals surface area contributed by atoms with Crippen molar-refractivity contribution >= 4 is 45.9 Å². The van der Waals surface area contributed by atoms with E-state index in [4.69, 9.17) is 14.4 Å². The molecule has 0 aliphatic heterocycles. The van der Waals surface area contributed by atoms with Crippen LogP contribution in [0.15, 0.2) is 89.8 Å². The van der Waals surface area contributed by atoms with Gasteiger partial charge >= 0.3 is 0 Å². The molecule has 0 saturated heterocycles. The van der Waals surface area contributed by atoms with Gasteiger partial charge in [0, 0.05) is 40.8 Å². The summed E-state index contributed by atoms with van der Waals surface area (Å²) >= 11 is 0. The van der Waals surface area contributed by atoms with Crippen LogP contribution in [0.4, 0.5) is 11.4 Å². The van der Waals surface area contributed by atoms with Crippen LogP contribution in [0.25, 0.3) is 21.8 Å². The van der Waals surface area contributed by atoms with Crippen molar-refractivity contribution in [1.82, 2.24) is 14.8 Å². The van der Waals surface area contributed by atoms with Crippen molar-refractivity contribution in [2.24, 2.45) is 4.74 Å². The molecule has 0 aliphatic carbocycles. The zero-order valence-electron chi connectivity index (χ0n) is 21.9. The van der Waals surface area contributed by atoms with E-state index in [1.54, 1.807) is 18.3 Å². The Morgan fingerprint density at radius 1 is 1.00 bits per heavy atom. The second kappa shape index (κ2) is 10.0. The van der Waals surface area contributed by atoms with E-state index < -0.39 is 17.4 Å². The molecular weight excluding hydrogens is 497 g/mol. The molecule has 0 radical (unpaired) electrons. The van der Waals surface area contributed by atoms with Crippen molar-refractivity contribution in [1.29, 1.82) is 0 Å². The van der Waals surface area contributed by atoms with Crippen molar-refractivity contribution in [3.05, 3.63) is 95.2 Å². The maximum atomic E-state index is 11.3. The van der Waals surface area contributed by atoms with E-state index in [0.717, 1.165) is 33.7 Å². The van der Waals surface area contributed by atoms with Crippen molar-refractivity contribution in [2.45, 2.75) is 45.8 Å². The van der Waals surface area contributed by atoms with Gasteiger partial charge in [0.15, 0.2) is 13.0 Å². The topological polar surface area (TPSA) is 95.4 Å². The molecule has 8 nitrogen and oxygen atoms in total. The van der Waals surface area contributed by atoms with E-state index in [9.17, 15) is 10.1 Å². The highest BCUT2D eigenvalue weighted by atomic mass is 31.2. The van der Waals surface area contributed by atoms with Crippen molar-refractivity contribution in [3.63, 3.8) is 0 Å². The first-order chi connectivity index (χ1) is 18.2. The third-order valence-corrected chi connectivity index (χ3v) is 10.2. The summed E-state index contributed by atoms with van der Waals surface area (Å²) in [7, 11) is -2.97. The molecule has 0 spiro atoms. The fourth-order valence-electron chi connectivity index (χ4n) is 4.57. The van der Waals surface area contributed by atoms with Crippen molar-refractivity contribution in [3.8, 4) is 5.75 Å². The molecule has 194 valence electrons. The first-order valence-electron chi connectivity index (χ1n) is 12.6. The molecule has 38 heavy (non-hydrogen) atoms. The first kappa shape index (κ1) is 25.6. The average Bonchev–Trinajstić information content (AvgIpc) is 3.26. The highest BCUT2D eigenvalue weighted by Crippen LogP contribution is 2.63. The number of aromatic nitrogens is 3. The van der Waals surface area contributed by atoms with Gasteiger partial charge in [0.25, 0.3) is 5.69 Å². The summed E-state index contributed by atoms with van der Waals surface area (Å²) in [5.74, 6) is 0.644. The van der Waals surface area contributed by atoms with E-state index in [-0.39, 0.29) is 5.69 Å². The number of nitro groups is 1. The summed E-state index contributed by atoms with van der Waals surface area (Å²) in [4.78, 5) is 15.5. The summed E-state index contributed by atoms with van der Waals surface area (Å²) in [6, 6.07) is 24.2. The predicted molar refractivity (Wildman–Crippen MR) is 154 cm³/mol. The van der Waals surface area contributed by atoms with Gasteiger partial charge in [-0.25, -0.2) is 4.74 Å². The van der Waals surface area contributed by atoms with E-state index in [2.05, 4.69) is 38.7 Å². The van der Waals surface area contributed by atoms with E-state index >= 15 is 0 Å². The highest BCUT2D eigenvalue weighted by Gasteiger charge is 2.43. The number of rotatable bonds is 7. The molecule has 1 atom stereocenters. The Morgan fingerprint density at radius 3 is 2.45 bits per heavy atom. The SMILES string of the molecule is CCCn1nc2ccccc2c1[P@](=Nc1ccc([N+](=O)[O-])cc1)(Oc1cccc2cccnc12)C(C)(C)C. The molecule has 0 amide bonds. The van der Waals surface area contributed by atoms with Crippen LogP contribution < -0.4 is 9.96 Å². The number of benzene rings is 3. The molecule has 9 heteroatoms. The lowest BCUT2D eigenvalue weighted by Crippen LogP contribution is -2.32. The Hall–Kier alpha value is -4.03. The molecule has 2 heterocycles. The molecule has 0 aliphatic rings. The third kappa shape index (κ3) is 4.56. The fraction of sp³-hybridized carbons (Fsp3) is 0.241. The van der Waals surface area contributed by atoms with Crippen LogP contribution in [0.5, 0.6) is 5.75 Å². The Balaban J connectivity index is 1.88. The molecule has 0 saturated carbocycles. The molecule has 5 rings (SSSR count). The van der Waals surface area contributed by atoms with Crippen molar-refractivity contribution in [2.75, 3.05) is 0 Å². The smallest absolute Gasteiger partial charge is 0.269 e. The van der Waals surface area contributed by atoms with Crippen LogP contribution in [0.3, 0.4) is 0 Å². The quantitative estimate of drug-likeness (QED) is 0.122. The van der Waals surface area contributed by atoms with Gasteiger partial charge in [-0.3, -0.25) is 19.8 Å². The van der Waals surface area contributed by atoms with Gasteiger partial charge in [0.2, 0.25) is 0 Å². The van der Waals surface area contributed by atoms with Gasteiger partial charge in [-0.05, 0) is 36.8 Å². The molecule has 0 N–H and O–H groups in total. The zero-order valence-corrected chi connectivity index (χ0v) is 22.8. The van der Waals surface area contributed by atoms with E-state index in [1.807, 2.05) is 53.2 Å². The minimum atomic E-state index is -2.97. The molecular formula is C29H30N5O3P. The zero-order chi connectivity index (χ0) is 26.9. The number of para-hydroxylation sites is 1. The Morgan fingerprint density at radius 2 is 1.74 bits per heavy atom. The predicted octanol–water partition coefficient (Wildman–Crippen LogP) is 7.85. The van der Waals surface area contributed by atoms with Gasteiger partial charge in [-0.1, -0.05) is 64.1 Å². The monoisotopic (exact) mass is 527 g/mol. The minimum Gasteiger partial charge on any atom is -0.451 e. The van der Waals surface area contributed by atoms with Crippen LogP contribution in [0.1, 0.15) is 34.1 Å². The summed E-state index contributed by atoms with van der Waals surface area (Å²) in [5, 5.41) is 17.8. The largest absolute Gasteiger partial charge is 0.451 e. The lowest BCUT2D eigenvalue weighted by molar-refractivity contribution is -0.384. The second-order valence-electron chi connectivity index (χ2n) is 10.1. The van der Waals surface area contributed by atoms with E-state index in [0.29, 0.717) is 18.0 Å². The molecule has 0 bridgehead atoms. The first-order valence-corrected chi connectivity index (χ1v) is 14.3. The minimum absolute atomic E-state index is 0.0179. The average molecular weight is 528 g/mol. The molecule has 0 fully saturated rings. The van der Waals surface area contributed by atoms with E-state index in [1.165, 1.54) is 12.1 Å². The van der Waals surface area contributed by atoms with Crippen molar-refractivity contribution < 1.29 is 9.45 Å². The number of pyridine rings is 1. The standard InChI is InChI=1S/C29H30N5O3P/c1-5-20-33-28(24-12-6-7-13-25(24)31-33)38(29(2,3)4,32-22-15-17-23(18-16-22)34(35)36)37-26-14-8-10-21-11-9-19-30-27(21)26/h6-19H,5,20H2,1-4H3/t38-/m0/s1. The number of non-ortho nitro benzene ring substituents is 1. The van der Waals surface area contributed by atoms with Crippen LogP contribution in [0.2, 0.25) is 0 Å². The Labute approximate surface area is 221 Å². The third-order valence-electron chi connectivity index (χ3n) is 6.39. The number of hydrogen-bond acceptors (Lipinski definition) is 6. The number of fused-ring (bicyclic) bond motifs is 2. The van der Waals surface area contributed by atoms with Gasteiger partial charge in [-0.2, -0.15) is 5.10 Å². The van der Waals surface area contributed by atoms with Gasteiger partial charge in [0.1, 0.15) is 11.0 Å². The molecule has 5 aromatic rings.